The van der Waals surface area contributed by atoms with Gasteiger partial charge in [0.1, 0.15) is 0 Å². The van der Waals surface area contributed by atoms with Gasteiger partial charge < -0.3 is 10.3 Å². The molecule has 0 saturated carbocycles. The molecule has 2 N–H and O–H groups in total. The monoisotopic (exact) mass is 419 g/mol. The third kappa shape index (κ3) is 4.05. The molecule has 0 spiro atoms. The Morgan fingerprint density at radius 3 is 2.35 bits per heavy atom. The van der Waals surface area contributed by atoms with E-state index in [1.807, 2.05) is 59.2 Å². The van der Waals surface area contributed by atoms with Gasteiger partial charge in [0.15, 0.2) is 0 Å². The molecule has 0 saturated heterocycles. The zero-order valence-electron chi connectivity index (χ0n) is 16.6. The van der Waals surface area contributed by atoms with Crippen molar-refractivity contribution in [3.63, 3.8) is 0 Å². The summed E-state index contributed by atoms with van der Waals surface area (Å²) >= 11 is 0. The molecule has 0 aliphatic rings. The van der Waals surface area contributed by atoms with Gasteiger partial charge in [-0.1, -0.05) is 60.7 Å². The van der Waals surface area contributed by atoms with Crippen molar-refractivity contribution >= 4 is 10.9 Å². The Balaban J connectivity index is 1.92. The molecule has 3 nitrogen and oxygen atoms in total. The van der Waals surface area contributed by atoms with Crippen LogP contribution in [0.3, 0.4) is 0 Å². The van der Waals surface area contributed by atoms with E-state index in [1.54, 1.807) is 6.07 Å². The van der Waals surface area contributed by atoms with Crippen LogP contribution in [0.25, 0.3) is 10.9 Å². The topological polar surface area (TPSA) is 54.7 Å². The first-order chi connectivity index (χ1) is 14.9. The van der Waals surface area contributed by atoms with Crippen molar-refractivity contribution in [1.29, 1.82) is 5.26 Å². The summed E-state index contributed by atoms with van der Waals surface area (Å²) in [4.78, 5) is 0. The van der Waals surface area contributed by atoms with Crippen LogP contribution in [0.1, 0.15) is 34.0 Å². The number of nitriles is 1. The SMILES string of the molecule is N#CCc1c(C(N)c2cccc(C(F)(F)F)c2)n(Cc2ccccc2)c2ccccc12. The van der Waals surface area contributed by atoms with Gasteiger partial charge >= 0.3 is 6.18 Å². The van der Waals surface area contributed by atoms with E-state index >= 15 is 0 Å². The number of hydrogen-bond acceptors (Lipinski definition) is 2. The van der Waals surface area contributed by atoms with Crippen LogP contribution < -0.4 is 5.73 Å². The third-order valence-corrected chi connectivity index (χ3v) is 5.43. The summed E-state index contributed by atoms with van der Waals surface area (Å²) in [6.07, 6.45) is -4.34. The van der Waals surface area contributed by atoms with Crippen LogP contribution in [-0.4, -0.2) is 4.57 Å². The van der Waals surface area contributed by atoms with Crippen LogP contribution in [0.5, 0.6) is 0 Å². The number of fused-ring (bicyclic) bond motifs is 1. The number of alkyl halides is 3. The first kappa shape index (κ1) is 20.7. The van der Waals surface area contributed by atoms with Crippen LogP contribution in [0.4, 0.5) is 13.2 Å². The molecule has 0 fully saturated rings. The molecule has 4 aromatic rings. The van der Waals surface area contributed by atoms with Gasteiger partial charge in [0.05, 0.1) is 24.1 Å². The minimum absolute atomic E-state index is 0.115. The molecule has 1 aromatic heterocycles. The van der Waals surface area contributed by atoms with Crippen molar-refractivity contribution in [3.05, 3.63) is 107 Å². The van der Waals surface area contributed by atoms with Crippen molar-refractivity contribution in [2.75, 3.05) is 0 Å². The number of para-hydroxylation sites is 1. The molecule has 1 heterocycles. The molecule has 31 heavy (non-hydrogen) atoms. The van der Waals surface area contributed by atoms with Gasteiger partial charge in [-0.15, -0.1) is 0 Å². The first-order valence-corrected chi connectivity index (χ1v) is 9.83. The smallest absolute Gasteiger partial charge is 0.338 e. The average molecular weight is 419 g/mol. The highest BCUT2D eigenvalue weighted by atomic mass is 19.4. The van der Waals surface area contributed by atoms with Gasteiger partial charge in [-0.2, -0.15) is 18.4 Å². The highest BCUT2D eigenvalue weighted by molar-refractivity contribution is 5.86. The second kappa shape index (κ2) is 8.29. The zero-order chi connectivity index (χ0) is 22.0. The fourth-order valence-electron chi connectivity index (χ4n) is 4.02. The lowest BCUT2D eigenvalue weighted by Crippen LogP contribution is -2.20. The van der Waals surface area contributed by atoms with Gasteiger partial charge in [-0.25, -0.2) is 0 Å². The summed E-state index contributed by atoms with van der Waals surface area (Å²) in [6, 6.07) is 23.9. The zero-order valence-corrected chi connectivity index (χ0v) is 16.6. The minimum Gasteiger partial charge on any atom is -0.338 e. The van der Waals surface area contributed by atoms with E-state index in [-0.39, 0.29) is 6.42 Å². The van der Waals surface area contributed by atoms with Crippen LogP contribution in [0.2, 0.25) is 0 Å². The molecule has 3 aromatic carbocycles. The molecule has 4 rings (SSSR count). The van der Waals surface area contributed by atoms with Crippen molar-refractivity contribution in [1.82, 2.24) is 4.57 Å². The fraction of sp³-hybridized carbons (Fsp3) is 0.160. The summed E-state index contributed by atoms with van der Waals surface area (Å²) in [7, 11) is 0. The van der Waals surface area contributed by atoms with E-state index in [4.69, 9.17) is 5.73 Å². The summed E-state index contributed by atoms with van der Waals surface area (Å²) in [5.74, 6) is 0. The molecule has 6 heteroatoms. The van der Waals surface area contributed by atoms with Gasteiger partial charge in [-0.05, 0) is 34.9 Å². The number of aromatic nitrogens is 1. The molecule has 156 valence electrons. The largest absolute Gasteiger partial charge is 0.416 e. The highest BCUT2D eigenvalue weighted by Gasteiger charge is 2.31. The second-order valence-corrected chi connectivity index (χ2v) is 7.39. The predicted octanol–water partition coefficient (Wildman–Crippen LogP) is 5.82. The quantitative estimate of drug-likeness (QED) is 0.443. The Bertz CT molecular complexity index is 1250. The van der Waals surface area contributed by atoms with E-state index in [0.29, 0.717) is 17.8 Å². The maximum absolute atomic E-state index is 13.3. The van der Waals surface area contributed by atoms with Crippen molar-refractivity contribution in [3.8, 4) is 6.07 Å². The molecule has 0 bridgehead atoms. The van der Waals surface area contributed by atoms with Gasteiger partial charge in [-0.3, -0.25) is 0 Å². The molecule has 1 atom stereocenters. The molecule has 0 radical (unpaired) electrons. The summed E-state index contributed by atoms with van der Waals surface area (Å²) in [5.41, 5.74) is 9.53. The molecular weight excluding hydrogens is 399 g/mol. The van der Waals surface area contributed by atoms with Gasteiger partial charge in [0.2, 0.25) is 0 Å². The highest BCUT2D eigenvalue weighted by Crippen LogP contribution is 2.36. The van der Waals surface area contributed by atoms with Gasteiger partial charge in [0, 0.05) is 23.1 Å². The predicted molar refractivity (Wildman–Crippen MR) is 114 cm³/mol. The molecule has 0 aliphatic carbocycles. The number of nitrogens with two attached hydrogens (primary N) is 1. The lowest BCUT2D eigenvalue weighted by molar-refractivity contribution is -0.137. The normalized spacial score (nSPS) is 12.6. The van der Waals surface area contributed by atoms with Gasteiger partial charge in [0.25, 0.3) is 0 Å². The standard InChI is InChI=1S/C25H20F3N3/c26-25(27,28)19-10-6-9-18(15-19)23(30)24-21(13-14-29)20-11-4-5-12-22(20)31(24)16-17-7-2-1-3-8-17/h1-12,15,23H,13,16,30H2. The Morgan fingerprint density at radius 1 is 0.935 bits per heavy atom. The maximum Gasteiger partial charge on any atom is 0.416 e. The number of nitrogens with zero attached hydrogens (tertiary/aromatic N) is 2. The van der Waals surface area contributed by atoms with Crippen LogP contribution >= 0.6 is 0 Å². The molecule has 1 unspecified atom stereocenters. The lowest BCUT2D eigenvalue weighted by Gasteiger charge is -2.20. The molecule has 0 amide bonds. The minimum atomic E-state index is -4.46. The number of halogens is 3. The van der Waals surface area contributed by atoms with Crippen LogP contribution in [-0.2, 0) is 19.1 Å². The van der Waals surface area contributed by atoms with E-state index < -0.39 is 17.8 Å². The average Bonchev–Trinajstić information content (AvgIpc) is 3.07. The fourth-order valence-corrected chi connectivity index (χ4v) is 4.02. The van der Waals surface area contributed by atoms with Crippen LogP contribution in [0.15, 0.2) is 78.9 Å². The van der Waals surface area contributed by atoms with Crippen molar-refractivity contribution in [2.45, 2.75) is 25.2 Å². The summed E-state index contributed by atoms with van der Waals surface area (Å²) in [6.45, 7) is 0.495. The lowest BCUT2D eigenvalue weighted by atomic mass is 9.97. The van der Waals surface area contributed by atoms with E-state index in [0.717, 1.165) is 34.2 Å². The molecular formula is C25H20F3N3. The number of benzene rings is 3. The summed E-state index contributed by atoms with van der Waals surface area (Å²) < 4.78 is 41.9. The summed E-state index contributed by atoms with van der Waals surface area (Å²) in [5, 5.41) is 10.3. The van der Waals surface area contributed by atoms with E-state index in [1.165, 1.54) is 6.07 Å². The third-order valence-electron chi connectivity index (χ3n) is 5.43. The Hall–Kier alpha value is -3.56. The first-order valence-electron chi connectivity index (χ1n) is 9.83. The van der Waals surface area contributed by atoms with Crippen molar-refractivity contribution < 1.29 is 13.2 Å². The van der Waals surface area contributed by atoms with Crippen LogP contribution in [0, 0.1) is 11.3 Å². The molecule has 0 aliphatic heterocycles. The van der Waals surface area contributed by atoms with Crippen molar-refractivity contribution in [2.24, 2.45) is 5.73 Å². The maximum atomic E-state index is 13.3. The Labute approximate surface area is 178 Å². The Kier molecular flexibility index (Phi) is 5.53. The Morgan fingerprint density at radius 2 is 1.65 bits per heavy atom. The van der Waals surface area contributed by atoms with E-state index in [2.05, 4.69) is 6.07 Å². The number of rotatable bonds is 5. The number of hydrogen-bond donors (Lipinski definition) is 1. The van der Waals surface area contributed by atoms with E-state index in [9.17, 15) is 18.4 Å². The second-order valence-electron chi connectivity index (χ2n) is 7.39.